The van der Waals surface area contributed by atoms with E-state index in [4.69, 9.17) is 4.74 Å². The fourth-order valence-corrected chi connectivity index (χ4v) is 2.85. The number of ether oxygens (including phenoxy) is 1. The number of benzene rings is 2. The largest absolute Gasteiger partial charge is 0.450 e. The fourth-order valence-electron chi connectivity index (χ4n) is 2.85. The van der Waals surface area contributed by atoms with Crippen LogP contribution in [0.15, 0.2) is 54.6 Å². The molecule has 0 spiro atoms. The van der Waals surface area contributed by atoms with Gasteiger partial charge in [0.05, 0.1) is 6.61 Å². The first-order chi connectivity index (χ1) is 13.2. The van der Waals surface area contributed by atoms with Crippen LogP contribution in [0.1, 0.15) is 28.4 Å². The summed E-state index contributed by atoms with van der Waals surface area (Å²) >= 11 is 0. The topological polar surface area (TPSA) is 49.9 Å². The van der Waals surface area contributed by atoms with E-state index < -0.39 is 0 Å². The minimum Gasteiger partial charge on any atom is -0.450 e. The standard InChI is InChI=1S/C22H22N2O3/c1-2-27-22(26)24-16-14-23(15-17-24)21(25)20-12-10-19(11-13-20)9-8-18-6-4-3-5-7-18/h3-7,10-13H,2,14-17H2,1H3. The molecule has 138 valence electrons. The second-order valence-electron chi connectivity index (χ2n) is 6.17. The second-order valence-corrected chi connectivity index (χ2v) is 6.17. The molecule has 2 amide bonds. The summed E-state index contributed by atoms with van der Waals surface area (Å²) < 4.78 is 5.00. The summed E-state index contributed by atoms with van der Waals surface area (Å²) in [5, 5.41) is 0. The molecule has 5 heteroatoms. The Kier molecular flexibility index (Phi) is 6.11. The number of hydrogen-bond donors (Lipinski definition) is 0. The molecule has 1 saturated heterocycles. The highest BCUT2D eigenvalue weighted by molar-refractivity contribution is 5.94. The van der Waals surface area contributed by atoms with Crippen LogP contribution in [-0.2, 0) is 4.74 Å². The molecule has 1 fully saturated rings. The summed E-state index contributed by atoms with van der Waals surface area (Å²) in [6, 6.07) is 17.1. The molecule has 0 atom stereocenters. The van der Waals surface area contributed by atoms with E-state index in [0.29, 0.717) is 38.3 Å². The van der Waals surface area contributed by atoms with Crippen LogP contribution in [0, 0.1) is 11.8 Å². The zero-order valence-electron chi connectivity index (χ0n) is 15.4. The Labute approximate surface area is 159 Å². The highest BCUT2D eigenvalue weighted by atomic mass is 16.6. The molecule has 0 N–H and O–H groups in total. The predicted molar refractivity (Wildman–Crippen MR) is 103 cm³/mol. The molecule has 0 aromatic heterocycles. The van der Waals surface area contributed by atoms with Gasteiger partial charge >= 0.3 is 6.09 Å². The summed E-state index contributed by atoms with van der Waals surface area (Å²) in [7, 11) is 0. The molecule has 0 radical (unpaired) electrons. The maximum Gasteiger partial charge on any atom is 0.409 e. The predicted octanol–water partition coefficient (Wildman–Crippen LogP) is 3.00. The second kappa shape index (κ2) is 8.91. The van der Waals surface area contributed by atoms with Gasteiger partial charge in [0.1, 0.15) is 0 Å². The van der Waals surface area contributed by atoms with Crippen LogP contribution in [-0.4, -0.2) is 54.6 Å². The molecule has 1 aliphatic rings. The quantitative estimate of drug-likeness (QED) is 0.772. The average Bonchev–Trinajstić information content (AvgIpc) is 2.73. The first-order valence-corrected chi connectivity index (χ1v) is 9.05. The third-order valence-corrected chi connectivity index (χ3v) is 4.35. The fraction of sp³-hybridized carbons (Fsp3) is 0.273. The van der Waals surface area contributed by atoms with Gasteiger partial charge in [-0.05, 0) is 43.3 Å². The van der Waals surface area contributed by atoms with Crippen LogP contribution in [0.5, 0.6) is 0 Å². The average molecular weight is 362 g/mol. The highest BCUT2D eigenvalue weighted by Gasteiger charge is 2.25. The van der Waals surface area contributed by atoms with Gasteiger partial charge in [0.25, 0.3) is 5.91 Å². The number of nitrogens with zero attached hydrogens (tertiary/aromatic N) is 2. The molecule has 1 heterocycles. The zero-order chi connectivity index (χ0) is 19.1. The molecule has 5 nitrogen and oxygen atoms in total. The lowest BCUT2D eigenvalue weighted by Crippen LogP contribution is -2.50. The Bertz CT molecular complexity index is 843. The molecule has 0 bridgehead atoms. The molecule has 27 heavy (non-hydrogen) atoms. The van der Waals surface area contributed by atoms with Crippen LogP contribution in [0.4, 0.5) is 4.79 Å². The van der Waals surface area contributed by atoms with E-state index in [-0.39, 0.29) is 12.0 Å². The molecule has 1 aliphatic heterocycles. The van der Waals surface area contributed by atoms with E-state index >= 15 is 0 Å². The summed E-state index contributed by atoms with van der Waals surface area (Å²) in [6.45, 7) is 4.14. The lowest BCUT2D eigenvalue weighted by Gasteiger charge is -2.34. The van der Waals surface area contributed by atoms with E-state index in [1.54, 1.807) is 28.9 Å². The maximum absolute atomic E-state index is 12.6. The Morgan fingerprint density at radius 3 is 2.00 bits per heavy atom. The van der Waals surface area contributed by atoms with E-state index in [0.717, 1.165) is 11.1 Å². The van der Waals surface area contributed by atoms with Crippen LogP contribution < -0.4 is 0 Å². The minimum absolute atomic E-state index is 0.0268. The maximum atomic E-state index is 12.6. The Morgan fingerprint density at radius 1 is 0.852 bits per heavy atom. The van der Waals surface area contributed by atoms with Crippen molar-refractivity contribution in [3.63, 3.8) is 0 Å². The van der Waals surface area contributed by atoms with Gasteiger partial charge in [0, 0.05) is 42.9 Å². The Morgan fingerprint density at radius 2 is 1.41 bits per heavy atom. The zero-order valence-corrected chi connectivity index (χ0v) is 15.4. The number of amides is 2. The van der Waals surface area contributed by atoms with Crippen molar-refractivity contribution in [3.05, 3.63) is 71.3 Å². The molecular formula is C22H22N2O3. The van der Waals surface area contributed by atoms with Gasteiger partial charge in [-0.2, -0.15) is 0 Å². The molecule has 0 saturated carbocycles. The number of rotatable bonds is 2. The first-order valence-electron chi connectivity index (χ1n) is 9.05. The summed E-state index contributed by atoms with van der Waals surface area (Å²) in [6.07, 6.45) is -0.314. The smallest absolute Gasteiger partial charge is 0.409 e. The lowest BCUT2D eigenvalue weighted by atomic mass is 10.1. The van der Waals surface area contributed by atoms with Crippen molar-refractivity contribution < 1.29 is 14.3 Å². The van der Waals surface area contributed by atoms with Gasteiger partial charge in [-0.1, -0.05) is 30.0 Å². The Hall–Kier alpha value is -3.26. The van der Waals surface area contributed by atoms with E-state index in [1.807, 2.05) is 42.5 Å². The molecule has 2 aromatic carbocycles. The normalized spacial score (nSPS) is 13.5. The van der Waals surface area contributed by atoms with Crippen molar-refractivity contribution in [2.24, 2.45) is 0 Å². The highest BCUT2D eigenvalue weighted by Crippen LogP contribution is 2.11. The number of piperazine rings is 1. The summed E-state index contributed by atoms with van der Waals surface area (Å²) in [5.74, 6) is 6.18. The number of hydrogen-bond acceptors (Lipinski definition) is 3. The van der Waals surface area contributed by atoms with Crippen molar-refractivity contribution >= 4 is 12.0 Å². The molecule has 0 unspecified atom stereocenters. The van der Waals surface area contributed by atoms with Gasteiger partial charge in [-0.25, -0.2) is 4.79 Å². The SMILES string of the molecule is CCOC(=O)N1CCN(C(=O)c2ccc(C#Cc3ccccc3)cc2)CC1. The summed E-state index contributed by atoms with van der Waals surface area (Å²) in [4.78, 5) is 27.8. The van der Waals surface area contributed by atoms with Crippen molar-refractivity contribution in [3.8, 4) is 11.8 Å². The van der Waals surface area contributed by atoms with E-state index in [1.165, 1.54) is 0 Å². The van der Waals surface area contributed by atoms with Crippen LogP contribution >= 0.6 is 0 Å². The lowest BCUT2D eigenvalue weighted by molar-refractivity contribution is 0.0570. The molecular weight excluding hydrogens is 340 g/mol. The van der Waals surface area contributed by atoms with Crippen LogP contribution in [0.3, 0.4) is 0 Å². The van der Waals surface area contributed by atoms with Gasteiger partial charge in [0.15, 0.2) is 0 Å². The molecule has 0 aliphatic carbocycles. The van der Waals surface area contributed by atoms with E-state index in [9.17, 15) is 9.59 Å². The first kappa shape index (κ1) is 18.5. The van der Waals surface area contributed by atoms with E-state index in [2.05, 4.69) is 11.8 Å². The van der Waals surface area contributed by atoms with Crippen molar-refractivity contribution in [1.29, 1.82) is 0 Å². The van der Waals surface area contributed by atoms with Gasteiger partial charge in [0.2, 0.25) is 0 Å². The van der Waals surface area contributed by atoms with Gasteiger partial charge < -0.3 is 14.5 Å². The molecule has 3 rings (SSSR count). The van der Waals surface area contributed by atoms with Crippen LogP contribution in [0.2, 0.25) is 0 Å². The van der Waals surface area contributed by atoms with Crippen molar-refractivity contribution in [2.75, 3.05) is 32.8 Å². The third kappa shape index (κ3) is 4.89. The Balaban J connectivity index is 1.58. The number of carbonyl (C=O) groups is 2. The summed E-state index contributed by atoms with van der Waals surface area (Å²) in [5.41, 5.74) is 2.45. The molecule has 2 aromatic rings. The van der Waals surface area contributed by atoms with Crippen molar-refractivity contribution in [2.45, 2.75) is 6.92 Å². The van der Waals surface area contributed by atoms with Gasteiger partial charge in [-0.3, -0.25) is 4.79 Å². The van der Waals surface area contributed by atoms with Crippen LogP contribution in [0.25, 0.3) is 0 Å². The van der Waals surface area contributed by atoms with Gasteiger partial charge in [-0.15, -0.1) is 0 Å². The minimum atomic E-state index is -0.314. The number of carbonyl (C=O) groups excluding carboxylic acids is 2. The third-order valence-electron chi connectivity index (χ3n) is 4.35. The van der Waals surface area contributed by atoms with Crippen molar-refractivity contribution in [1.82, 2.24) is 9.80 Å². The monoisotopic (exact) mass is 362 g/mol.